The van der Waals surface area contributed by atoms with Gasteiger partial charge in [-0.05, 0) is 46.5 Å². The maximum atomic E-state index is 9.79. The third kappa shape index (κ3) is 5.47. The van der Waals surface area contributed by atoms with Crippen LogP contribution in [0.1, 0.15) is 22.3 Å². The number of hydrogen-bond acceptors (Lipinski definition) is 4. The molecule has 0 fully saturated rings. The van der Waals surface area contributed by atoms with Crippen LogP contribution >= 0.6 is 11.6 Å². The third-order valence-electron chi connectivity index (χ3n) is 4.43. The minimum atomic E-state index is -0.111. The summed E-state index contributed by atoms with van der Waals surface area (Å²) in [6.45, 7) is 2.64. The van der Waals surface area contributed by atoms with Crippen LogP contribution in [0.5, 0.6) is 11.5 Å². The first-order valence-electron chi connectivity index (χ1n) is 8.79. The topological polar surface area (TPSA) is 69.7 Å². The van der Waals surface area contributed by atoms with Crippen molar-refractivity contribution in [3.8, 4) is 11.5 Å². The van der Waals surface area contributed by atoms with Gasteiger partial charge in [0.25, 0.3) is 0 Å². The van der Waals surface area contributed by atoms with Crippen LogP contribution in [0.2, 0.25) is 5.02 Å². The Morgan fingerprint density at radius 2 is 1.15 bits per heavy atom. The summed E-state index contributed by atoms with van der Waals surface area (Å²) in [7, 11) is 0. The van der Waals surface area contributed by atoms with Crippen molar-refractivity contribution in [3.63, 3.8) is 0 Å². The maximum Gasteiger partial charge on any atom is 0.157 e. The molecular formula is C22H23ClN2O2. The van der Waals surface area contributed by atoms with Crippen molar-refractivity contribution in [1.29, 1.82) is 0 Å². The Bertz CT molecular complexity index is 880. The molecule has 3 aromatic carbocycles. The highest BCUT2D eigenvalue weighted by atomic mass is 35.5. The van der Waals surface area contributed by atoms with Crippen molar-refractivity contribution in [2.45, 2.75) is 26.2 Å². The second-order valence-corrected chi connectivity index (χ2v) is 7.05. The number of nitrogens with two attached hydrogens (primary N) is 1. The molecule has 0 aliphatic heterocycles. The van der Waals surface area contributed by atoms with Crippen molar-refractivity contribution in [2.24, 2.45) is 5.73 Å². The summed E-state index contributed by atoms with van der Waals surface area (Å²) in [5.74, 6) is -0.216. The van der Waals surface area contributed by atoms with Crippen LogP contribution in [-0.4, -0.2) is 15.1 Å². The van der Waals surface area contributed by atoms with Crippen molar-refractivity contribution >= 4 is 11.6 Å². The minimum absolute atomic E-state index is 0.105. The Morgan fingerprint density at radius 3 is 1.70 bits per heavy atom. The lowest BCUT2D eigenvalue weighted by Gasteiger charge is -2.23. The van der Waals surface area contributed by atoms with E-state index in [0.29, 0.717) is 18.1 Å². The first kappa shape index (κ1) is 19.2. The Balaban J connectivity index is 1.79. The first-order valence-corrected chi connectivity index (χ1v) is 9.17. The molecular weight excluding hydrogens is 360 g/mol. The fourth-order valence-electron chi connectivity index (χ4n) is 2.98. The van der Waals surface area contributed by atoms with E-state index >= 15 is 0 Å². The molecule has 0 unspecified atom stereocenters. The van der Waals surface area contributed by atoms with E-state index in [4.69, 9.17) is 17.3 Å². The standard InChI is InChI=1S/C22H23ClN2O2/c23-20-8-5-18(6-9-20)14-25(13-17-3-1-16(12-24)2-4-17)15-19-7-10-21(26)22(27)11-19/h1-11,26-27H,12-15,24H2. The summed E-state index contributed by atoms with van der Waals surface area (Å²) in [6.07, 6.45) is 0. The van der Waals surface area contributed by atoms with Gasteiger partial charge < -0.3 is 15.9 Å². The molecule has 0 aliphatic rings. The van der Waals surface area contributed by atoms with Crippen LogP contribution in [0, 0.1) is 0 Å². The van der Waals surface area contributed by atoms with Crippen LogP contribution in [-0.2, 0) is 26.2 Å². The lowest BCUT2D eigenvalue weighted by atomic mass is 10.1. The average Bonchev–Trinajstić information content (AvgIpc) is 2.67. The molecule has 0 aromatic heterocycles. The molecule has 3 rings (SSSR count). The van der Waals surface area contributed by atoms with E-state index in [1.54, 1.807) is 6.07 Å². The molecule has 3 aromatic rings. The van der Waals surface area contributed by atoms with E-state index in [2.05, 4.69) is 17.0 Å². The summed E-state index contributed by atoms with van der Waals surface area (Å²) in [5.41, 5.74) is 10.0. The maximum absolute atomic E-state index is 9.79. The summed E-state index contributed by atoms with van der Waals surface area (Å²) in [6, 6.07) is 21.0. The summed E-state index contributed by atoms with van der Waals surface area (Å²) in [5, 5.41) is 20.0. The molecule has 0 saturated carbocycles. The van der Waals surface area contributed by atoms with Gasteiger partial charge in [-0.1, -0.05) is 54.1 Å². The highest BCUT2D eigenvalue weighted by molar-refractivity contribution is 6.30. The molecule has 0 atom stereocenters. The van der Waals surface area contributed by atoms with E-state index in [1.807, 2.05) is 42.5 Å². The monoisotopic (exact) mass is 382 g/mol. The lowest BCUT2D eigenvalue weighted by molar-refractivity contribution is 0.247. The molecule has 5 heteroatoms. The van der Waals surface area contributed by atoms with E-state index in [9.17, 15) is 10.2 Å². The predicted molar refractivity (Wildman–Crippen MR) is 109 cm³/mol. The molecule has 0 aliphatic carbocycles. The van der Waals surface area contributed by atoms with Crippen molar-refractivity contribution in [2.75, 3.05) is 0 Å². The largest absolute Gasteiger partial charge is 0.504 e. The molecule has 140 valence electrons. The second-order valence-electron chi connectivity index (χ2n) is 6.62. The number of nitrogens with zero attached hydrogens (tertiary/aromatic N) is 1. The van der Waals surface area contributed by atoms with Gasteiger partial charge in [0.2, 0.25) is 0 Å². The third-order valence-corrected chi connectivity index (χ3v) is 4.68. The van der Waals surface area contributed by atoms with Gasteiger partial charge >= 0.3 is 0 Å². The van der Waals surface area contributed by atoms with E-state index < -0.39 is 0 Å². The number of phenols is 2. The molecule has 4 N–H and O–H groups in total. The van der Waals surface area contributed by atoms with Crippen molar-refractivity contribution in [3.05, 3.63) is 94.0 Å². The highest BCUT2D eigenvalue weighted by Gasteiger charge is 2.10. The van der Waals surface area contributed by atoms with E-state index in [-0.39, 0.29) is 11.5 Å². The zero-order valence-corrected chi connectivity index (χ0v) is 15.7. The second kappa shape index (κ2) is 8.91. The van der Waals surface area contributed by atoms with Crippen molar-refractivity contribution in [1.82, 2.24) is 4.90 Å². The molecule has 4 nitrogen and oxygen atoms in total. The number of aromatic hydroxyl groups is 2. The zero-order valence-electron chi connectivity index (χ0n) is 15.0. The molecule has 27 heavy (non-hydrogen) atoms. The Hall–Kier alpha value is -2.53. The van der Waals surface area contributed by atoms with Crippen LogP contribution < -0.4 is 5.73 Å². The Kier molecular flexibility index (Phi) is 6.35. The zero-order chi connectivity index (χ0) is 19.2. The quantitative estimate of drug-likeness (QED) is 0.529. The molecule has 0 radical (unpaired) electrons. The minimum Gasteiger partial charge on any atom is -0.504 e. The molecule has 0 amide bonds. The van der Waals surface area contributed by atoms with Gasteiger partial charge in [0.15, 0.2) is 11.5 Å². The van der Waals surface area contributed by atoms with E-state index in [1.165, 1.54) is 11.6 Å². The van der Waals surface area contributed by atoms with Gasteiger partial charge in [0.1, 0.15) is 0 Å². The molecule has 0 spiro atoms. The molecule has 0 saturated heterocycles. The SMILES string of the molecule is NCc1ccc(CN(Cc2ccc(Cl)cc2)Cc2ccc(O)c(O)c2)cc1. The summed E-state index contributed by atoms with van der Waals surface area (Å²) in [4.78, 5) is 2.27. The van der Waals surface area contributed by atoms with E-state index in [0.717, 1.165) is 29.8 Å². The summed E-state index contributed by atoms with van der Waals surface area (Å²) < 4.78 is 0. The number of rotatable bonds is 7. The lowest BCUT2D eigenvalue weighted by Crippen LogP contribution is -2.22. The Labute approximate surface area is 164 Å². The number of hydrogen-bond donors (Lipinski definition) is 3. The van der Waals surface area contributed by atoms with Gasteiger partial charge in [0, 0.05) is 31.2 Å². The first-order chi connectivity index (χ1) is 13.0. The van der Waals surface area contributed by atoms with Gasteiger partial charge in [-0.25, -0.2) is 0 Å². The predicted octanol–water partition coefficient (Wildman–Crippen LogP) is 4.41. The van der Waals surface area contributed by atoms with Crippen LogP contribution in [0.3, 0.4) is 0 Å². The van der Waals surface area contributed by atoms with Crippen molar-refractivity contribution < 1.29 is 10.2 Å². The number of phenolic OH excluding ortho intramolecular Hbond substituents is 2. The molecule has 0 bridgehead atoms. The average molecular weight is 383 g/mol. The summed E-state index contributed by atoms with van der Waals surface area (Å²) >= 11 is 5.99. The van der Waals surface area contributed by atoms with Gasteiger partial charge in [-0.15, -0.1) is 0 Å². The van der Waals surface area contributed by atoms with Gasteiger partial charge in [-0.2, -0.15) is 0 Å². The highest BCUT2D eigenvalue weighted by Crippen LogP contribution is 2.26. The normalized spacial score (nSPS) is 11.1. The van der Waals surface area contributed by atoms with Gasteiger partial charge in [0.05, 0.1) is 0 Å². The van der Waals surface area contributed by atoms with Crippen LogP contribution in [0.15, 0.2) is 66.7 Å². The smallest absolute Gasteiger partial charge is 0.157 e. The van der Waals surface area contributed by atoms with Crippen LogP contribution in [0.25, 0.3) is 0 Å². The number of benzene rings is 3. The van der Waals surface area contributed by atoms with Gasteiger partial charge in [-0.3, -0.25) is 4.90 Å². The number of halogens is 1. The van der Waals surface area contributed by atoms with Crippen LogP contribution in [0.4, 0.5) is 0 Å². The fourth-order valence-corrected chi connectivity index (χ4v) is 3.11. The fraction of sp³-hybridized carbons (Fsp3) is 0.182. The molecule has 0 heterocycles. The Morgan fingerprint density at radius 1 is 0.667 bits per heavy atom.